The Bertz CT molecular complexity index is 505. The van der Waals surface area contributed by atoms with Crippen LogP contribution in [0.3, 0.4) is 0 Å². The average Bonchev–Trinajstić information content (AvgIpc) is 2.81. The van der Waals surface area contributed by atoms with Crippen molar-refractivity contribution in [1.82, 2.24) is 4.57 Å². The van der Waals surface area contributed by atoms with Gasteiger partial charge in [0.15, 0.2) is 0 Å². The first-order valence-corrected chi connectivity index (χ1v) is 7.14. The van der Waals surface area contributed by atoms with Crippen LogP contribution in [0.25, 0.3) is 0 Å². The van der Waals surface area contributed by atoms with Gasteiger partial charge in [-0.1, -0.05) is 47.5 Å². The van der Waals surface area contributed by atoms with E-state index < -0.39 is 0 Å². The molecule has 96 valence electrons. The van der Waals surface area contributed by atoms with Crippen molar-refractivity contribution in [3.05, 3.63) is 58.3 Å². The van der Waals surface area contributed by atoms with E-state index in [9.17, 15) is 0 Å². The molecule has 1 heterocycles. The highest BCUT2D eigenvalue weighted by Gasteiger charge is 2.07. The van der Waals surface area contributed by atoms with Crippen LogP contribution in [0.4, 0.5) is 0 Å². The van der Waals surface area contributed by atoms with Crippen LogP contribution in [-0.4, -0.2) is 4.57 Å². The maximum atomic E-state index is 6.12. The molecule has 2 nitrogen and oxygen atoms in total. The summed E-state index contributed by atoms with van der Waals surface area (Å²) in [7, 11) is 0. The van der Waals surface area contributed by atoms with Gasteiger partial charge >= 0.3 is 0 Å². The highest BCUT2D eigenvalue weighted by molar-refractivity contribution is 9.10. The van der Waals surface area contributed by atoms with Crippen LogP contribution < -0.4 is 5.73 Å². The standard InChI is InChI=1S/C15H19BrN2/c1-2-5-15(17)13-8-9-18(11-13)10-12-6-3-4-7-14(12)16/h3-4,6-9,11,15H,2,5,10,17H2,1H3. The van der Waals surface area contributed by atoms with Gasteiger partial charge < -0.3 is 10.3 Å². The van der Waals surface area contributed by atoms with Gasteiger partial charge in [0.25, 0.3) is 0 Å². The Morgan fingerprint density at radius 3 is 2.78 bits per heavy atom. The fraction of sp³-hybridized carbons (Fsp3) is 0.333. The largest absolute Gasteiger partial charge is 0.350 e. The molecule has 0 saturated carbocycles. The predicted octanol–water partition coefficient (Wildman–Crippen LogP) is 4.10. The van der Waals surface area contributed by atoms with Gasteiger partial charge in [-0.3, -0.25) is 0 Å². The number of hydrogen-bond acceptors (Lipinski definition) is 1. The molecule has 0 aliphatic rings. The predicted molar refractivity (Wildman–Crippen MR) is 79.5 cm³/mol. The zero-order valence-electron chi connectivity index (χ0n) is 10.6. The Balaban J connectivity index is 2.09. The molecule has 0 aliphatic heterocycles. The van der Waals surface area contributed by atoms with Crippen molar-refractivity contribution in [1.29, 1.82) is 0 Å². The van der Waals surface area contributed by atoms with E-state index in [0.29, 0.717) is 0 Å². The Hall–Kier alpha value is -1.06. The van der Waals surface area contributed by atoms with Gasteiger partial charge in [-0.2, -0.15) is 0 Å². The Kier molecular flexibility index (Phi) is 4.61. The summed E-state index contributed by atoms with van der Waals surface area (Å²) in [4.78, 5) is 0. The molecule has 1 aromatic heterocycles. The van der Waals surface area contributed by atoms with Gasteiger partial charge in [-0.25, -0.2) is 0 Å². The lowest BCUT2D eigenvalue weighted by Crippen LogP contribution is -2.08. The van der Waals surface area contributed by atoms with Crippen LogP contribution >= 0.6 is 15.9 Å². The minimum atomic E-state index is 0.162. The first-order chi connectivity index (χ1) is 8.70. The lowest BCUT2D eigenvalue weighted by Gasteiger charge is -2.08. The van der Waals surface area contributed by atoms with Crippen molar-refractivity contribution >= 4 is 15.9 Å². The molecule has 3 heteroatoms. The normalized spacial score (nSPS) is 12.6. The maximum Gasteiger partial charge on any atom is 0.0481 e. The number of nitrogens with zero attached hydrogens (tertiary/aromatic N) is 1. The summed E-state index contributed by atoms with van der Waals surface area (Å²) in [6.45, 7) is 3.04. The second-order valence-electron chi connectivity index (χ2n) is 4.60. The van der Waals surface area contributed by atoms with Crippen LogP contribution in [0, 0.1) is 0 Å². The summed E-state index contributed by atoms with van der Waals surface area (Å²) in [6.07, 6.45) is 6.42. The molecule has 0 amide bonds. The molecular formula is C15H19BrN2. The van der Waals surface area contributed by atoms with Gasteiger partial charge in [-0.15, -0.1) is 0 Å². The molecule has 2 rings (SSSR count). The van der Waals surface area contributed by atoms with Crippen molar-refractivity contribution in [3.8, 4) is 0 Å². The van der Waals surface area contributed by atoms with Crippen molar-refractivity contribution in [3.63, 3.8) is 0 Å². The summed E-state index contributed by atoms with van der Waals surface area (Å²) in [5, 5.41) is 0. The van der Waals surface area contributed by atoms with Crippen LogP contribution in [0.5, 0.6) is 0 Å². The molecule has 1 atom stereocenters. The quantitative estimate of drug-likeness (QED) is 0.886. The lowest BCUT2D eigenvalue weighted by molar-refractivity contribution is 0.636. The van der Waals surface area contributed by atoms with Crippen molar-refractivity contribution < 1.29 is 0 Å². The Morgan fingerprint density at radius 2 is 2.06 bits per heavy atom. The Morgan fingerprint density at radius 1 is 1.28 bits per heavy atom. The Labute approximate surface area is 117 Å². The molecule has 18 heavy (non-hydrogen) atoms. The van der Waals surface area contributed by atoms with E-state index in [2.05, 4.69) is 64.1 Å². The van der Waals surface area contributed by atoms with Gasteiger partial charge in [0.1, 0.15) is 0 Å². The van der Waals surface area contributed by atoms with E-state index >= 15 is 0 Å². The van der Waals surface area contributed by atoms with Crippen molar-refractivity contribution in [2.45, 2.75) is 32.4 Å². The van der Waals surface area contributed by atoms with Crippen LogP contribution in [0.1, 0.15) is 36.9 Å². The number of nitrogens with two attached hydrogens (primary N) is 1. The van der Waals surface area contributed by atoms with Gasteiger partial charge in [-0.05, 0) is 29.7 Å². The van der Waals surface area contributed by atoms with Gasteiger partial charge in [0, 0.05) is 29.5 Å². The van der Waals surface area contributed by atoms with E-state index in [1.165, 1.54) is 11.1 Å². The number of aromatic nitrogens is 1. The molecule has 1 unspecified atom stereocenters. The zero-order valence-corrected chi connectivity index (χ0v) is 12.2. The third-order valence-corrected chi connectivity index (χ3v) is 3.89. The van der Waals surface area contributed by atoms with E-state index in [1.807, 2.05) is 6.07 Å². The fourth-order valence-electron chi connectivity index (χ4n) is 2.08. The molecule has 2 aromatic rings. The second kappa shape index (κ2) is 6.21. The lowest BCUT2D eigenvalue weighted by atomic mass is 10.1. The minimum absolute atomic E-state index is 0.162. The summed E-state index contributed by atoms with van der Waals surface area (Å²) < 4.78 is 3.34. The summed E-state index contributed by atoms with van der Waals surface area (Å²) in [5.41, 5.74) is 8.63. The highest BCUT2D eigenvalue weighted by Crippen LogP contribution is 2.20. The molecule has 0 fully saturated rings. The van der Waals surface area contributed by atoms with Crippen LogP contribution in [0.2, 0.25) is 0 Å². The fourth-order valence-corrected chi connectivity index (χ4v) is 2.49. The maximum absolute atomic E-state index is 6.12. The smallest absolute Gasteiger partial charge is 0.0481 e. The van der Waals surface area contributed by atoms with Crippen molar-refractivity contribution in [2.24, 2.45) is 5.73 Å². The number of halogens is 1. The molecule has 0 saturated heterocycles. The number of benzene rings is 1. The summed E-state index contributed by atoms with van der Waals surface area (Å²) in [6, 6.07) is 10.6. The van der Waals surface area contributed by atoms with Crippen LogP contribution in [-0.2, 0) is 6.54 Å². The molecule has 0 spiro atoms. The average molecular weight is 307 g/mol. The first kappa shape index (κ1) is 13.4. The van der Waals surface area contributed by atoms with E-state index in [-0.39, 0.29) is 6.04 Å². The van der Waals surface area contributed by atoms with Gasteiger partial charge in [0.2, 0.25) is 0 Å². The molecule has 0 radical (unpaired) electrons. The van der Waals surface area contributed by atoms with Crippen molar-refractivity contribution in [2.75, 3.05) is 0 Å². The molecule has 2 N–H and O–H groups in total. The van der Waals surface area contributed by atoms with Gasteiger partial charge in [0.05, 0.1) is 0 Å². The van der Waals surface area contributed by atoms with E-state index in [1.54, 1.807) is 0 Å². The summed E-state index contributed by atoms with van der Waals surface area (Å²) >= 11 is 3.58. The molecule has 0 bridgehead atoms. The molecule has 0 aliphatic carbocycles. The first-order valence-electron chi connectivity index (χ1n) is 6.35. The third-order valence-electron chi connectivity index (χ3n) is 3.11. The number of rotatable bonds is 5. The monoisotopic (exact) mass is 306 g/mol. The SMILES string of the molecule is CCCC(N)c1ccn(Cc2ccccc2Br)c1. The second-order valence-corrected chi connectivity index (χ2v) is 5.46. The number of hydrogen-bond donors (Lipinski definition) is 1. The molecule has 1 aromatic carbocycles. The third kappa shape index (κ3) is 3.24. The van der Waals surface area contributed by atoms with Crippen LogP contribution in [0.15, 0.2) is 47.2 Å². The summed E-state index contributed by atoms with van der Waals surface area (Å²) in [5.74, 6) is 0. The zero-order chi connectivity index (χ0) is 13.0. The van der Waals surface area contributed by atoms with E-state index in [0.717, 1.165) is 23.9 Å². The minimum Gasteiger partial charge on any atom is -0.350 e. The highest BCUT2D eigenvalue weighted by atomic mass is 79.9. The van der Waals surface area contributed by atoms with E-state index in [4.69, 9.17) is 5.73 Å². The topological polar surface area (TPSA) is 30.9 Å². The molecular weight excluding hydrogens is 288 g/mol.